The maximum absolute atomic E-state index is 12.4. The van der Waals surface area contributed by atoms with E-state index >= 15 is 0 Å². The van der Waals surface area contributed by atoms with Crippen LogP contribution in [-0.2, 0) is 16.1 Å². The molecule has 0 aromatic carbocycles. The molecule has 0 spiro atoms. The Kier molecular flexibility index (Phi) is 4.96. The molecule has 1 fully saturated rings. The van der Waals surface area contributed by atoms with Crippen molar-refractivity contribution in [1.29, 1.82) is 0 Å². The first-order valence-corrected chi connectivity index (χ1v) is 7.11. The highest BCUT2D eigenvalue weighted by Gasteiger charge is 2.40. The molecule has 1 heterocycles. The first-order chi connectivity index (χ1) is 9.27. The molecular weight excluding hydrogens is 242 g/mol. The Hall–Kier alpha value is -1.36. The SMILES string of the molecule is CCOCCC1(C(=O)NCc2ncc[nH]2)CCCC1. The molecular formula is C14H23N3O2. The van der Waals surface area contributed by atoms with Crippen LogP contribution in [0.25, 0.3) is 0 Å². The molecule has 0 unspecified atom stereocenters. The van der Waals surface area contributed by atoms with Crippen molar-refractivity contribution in [3.63, 3.8) is 0 Å². The summed E-state index contributed by atoms with van der Waals surface area (Å²) < 4.78 is 5.42. The average molecular weight is 265 g/mol. The van der Waals surface area contributed by atoms with Crippen LogP contribution in [0.3, 0.4) is 0 Å². The molecule has 1 aromatic heterocycles. The number of hydrogen-bond acceptors (Lipinski definition) is 3. The number of imidazole rings is 1. The minimum Gasteiger partial charge on any atom is -0.382 e. The third-order valence-electron chi connectivity index (χ3n) is 3.94. The number of H-pyrrole nitrogens is 1. The summed E-state index contributed by atoms with van der Waals surface area (Å²) in [5, 5.41) is 3.01. The lowest BCUT2D eigenvalue weighted by Crippen LogP contribution is -2.39. The predicted molar refractivity (Wildman–Crippen MR) is 72.4 cm³/mol. The highest BCUT2D eigenvalue weighted by Crippen LogP contribution is 2.41. The van der Waals surface area contributed by atoms with Crippen molar-refractivity contribution in [2.45, 2.75) is 45.6 Å². The smallest absolute Gasteiger partial charge is 0.226 e. The standard InChI is InChI=1S/C14H23N3O2/c1-2-19-10-7-14(5-3-4-6-14)13(18)17-11-12-15-8-9-16-12/h8-9H,2-7,10-11H2,1H3,(H,15,16)(H,17,18). The number of ether oxygens (including phenoxy) is 1. The van der Waals surface area contributed by atoms with Gasteiger partial charge < -0.3 is 15.0 Å². The van der Waals surface area contributed by atoms with Crippen molar-refractivity contribution >= 4 is 5.91 Å². The maximum atomic E-state index is 12.4. The van der Waals surface area contributed by atoms with Gasteiger partial charge in [0.2, 0.25) is 5.91 Å². The molecule has 1 aliphatic rings. The van der Waals surface area contributed by atoms with E-state index in [1.807, 2.05) is 6.92 Å². The van der Waals surface area contributed by atoms with E-state index in [-0.39, 0.29) is 11.3 Å². The summed E-state index contributed by atoms with van der Waals surface area (Å²) in [5.74, 6) is 0.951. The molecule has 106 valence electrons. The molecule has 5 nitrogen and oxygen atoms in total. The van der Waals surface area contributed by atoms with Gasteiger partial charge in [0.15, 0.2) is 0 Å². The molecule has 2 N–H and O–H groups in total. The second-order valence-electron chi connectivity index (χ2n) is 5.15. The van der Waals surface area contributed by atoms with Crippen LogP contribution in [0.4, 0.5) is 0 Å². The Balaban J connectivity index is 1.88. The molecule has 0 saturated heterocycles. The summed E-state index contributed by atoms with van der Waals surface area (Å²) in [6.45, 7) is 3.84. The normalized spacial score (nSPS) is 17.5. The van der Waals surface area contributed by atoms with Crippen LogP contribution in [0.15, 0.2) is 12.4 Å². The van der Waals surface area contributed by atoms with Crippen LogP contribution in [-0.4, -0.2) is 29.1 Å². The molecule has 0 bridgehead atoms. The molecule has 5 heteroatoms. The van der Waals surface area contributed by atoms with Gasteiger partial charge in [-0.2, -0.15) is 0 Å². The van der Waals surface area contributed by atoms with Crippen LogP contribution < -0.4 is 5.32 Å². The Morgan fingerprint density at radius 3 is 2.95 bits per heavy atom. The second-order valence-corrected chi connectivity index (χ2v) is 5.15. The van der Waals surface area contributed by atoms with E-state index < -0.39 is 0 Å². The predicted octanol–water partition coefficient (Wildman–Crippen LogP) is 2.01. The molecule has 0 radical (unpaired) electrons. The summed E-state index contributed by atoms with van der Waals surface area (Å²) >= 11 is 0. The molecule has 1 amide bonds. The summed E-state index contributed by atoms with van der Waals surface area (Å²) in [7, 11) is 0. The third-order valence-corrected chi connectivity index (χ3v) is 3.94. The number of hydrogen-bond donors (Lipinski definition) is 2. The Labute approximate surface area is 114 Å². The fraction of sp³-hybridized carbons (Fsp3) is 0.714. The highest BCUT2D eigenvalue weighted by molar-refractivity contribution is 5.82. The molecule has 1 aliphatic carbocycles. The van der Waals surface area contributed by atoms with Gasteiger partial charge in [0, 0.05) is 25.6 Å². The fourth-order valence-corrected chi connectivity index (χ4v) is 2.80. The number of carbonyl (C=O) groups is 1. The zero-order valence-corrected chi connectivity index (χ0v) is 11.6. The number of nitrogens with zero attached hydrogens (tertiary/aromatic N) is 1. The molecule has 0 aliphatic heterocycles. The summed E-state index contributed by atoms with van der Waals surface area (Å²) in [6.07, 6.45) is 8.52. The lowest BCUT2D eigenvalue weighted by Gasteiger charge is -2.27. The van der Waals surface area contributed by atoms with Crippen LogP contribution in [0, 0.1) is 5.41 Å². The van der Waals surface area contributed by atoms with Gasteiger partial charge in [0.25, 0.3) is 0 Å². The Morgan fingerprint density at radius 2 is 2.32 bits per heavy atom. The van der Waals surface area contributed by atoms with Gasteiger partial charge in [-0.05, 0) is 26.2 Å². The first-order valence-electron chi connectivity index (χ1n) is 7.11. The molecule has 1 saturated carbocycles. The van der Waals surface area contributed by atoms with Crippen molar-refractivity contribution < 1.29 is 9.53 Å². The van der Waals surface area contributed by atoms with E-state index in [1.54, 1.807) is 12.4 Å². The molecule has 2 rings (SSSR count). The van der Waals surface area contributed by atoms with Crippen molar-refractivity contribution in [2.75, 3.05) is 13.2 Å². The average Bonchev–Trinajstić information content (AvgIpc) is 3.08. The van der Waals surface area contributed by atoms with Crippen LogP contribution in [0.2, 0.25) is 0 Å². The Bertz CT molecular complexity index is 383. The number of rotatable bonds is 7. The number of amides is 1. The Morgan fingerprint density at radius 1 is 1.53 bits per heavy atom. The van der Waals surface area contributed by atoms with E-state index in [1.165, 1.54) is 0 Å². The van der Waals surface area contributed by atoms with Gasteiger partial charge in [-0.3, -0.25) is 4.79 Å². The van der Waals surface area contributed by atoms with E-state index in [9.17, 15) is 4.79 Å². The van der Waals surface area contributed by atoms with Gasteiger partial charge >= 0.3 is 0 Å². The monoisotopic (exact) mass is 265 g/mol. The molecule has 19 heavy (non-hydrogen) atoms. The van der Waals surface area contributed by atoms with E-state index in [0.29, 0.717) is 19.8 Å². The lowest BCUT2D eigenvalue weighted by atomic mass is 9.82. The highest BCUT2D eigenvalue weighted by atomic mass is 16.5. The first kappa shape index (κ1) is 14.1. The zero-order valence-electron chi connectivity index (χ0n) is 11.6. The zero-order chi connectivity index (χ0) is 13.6. The van der Waals surface area contributed by atoms with Gasteiger partial charge in [0.05, 0.1) is 12.0 Å². The topological polar surface area (TPSA) is 67.0 Å². The second kappa shape index (κ2) is 6.70. The summed E-state index contributed by atoms with van der Waals surface area (Å²) in [4.78, 5) is 19.6. The van der Waals surface area contributed by atoms with E-state index in [4.69, 9.17) is 4.74 Å². The number of aromatic nitrogens is 2. The van der Waals surface area contributed by atoms with Crippen molar-refractivity contribution in [3.05, 3.63) is 18.2 Å². The molecule has 0 atom stereocenters. The fourth-order valence-electron chi connectivity index (χ4n) is 2.80. The number of nitrogens with one attached hydrogen (secondary N) is 2. The number of carbonyl (C=O) groups excluding carboxylic acids is 1. The quantitative estimate of drug-likeness (QED) is 0.741. The van der Waals surface area contributed by atoms with Crippen molar-refractivity contribution in [3.8, 4) is 0 Å². The number of aromatic amines is 1. The van der Waals surface area contributed by atoms with Crippen molar-refractivity contribution in [1.82, 2.24) is 15.3 Å². The van der Waals surface area contributed by atoms with E-state index in [0.717, 1.165) is 37.9 Å². The van der Waals surface area contributed by atoms with Gasteiger partial charge in [-0.25, -0.2) is 4.98 Å². The summed E-state index contributed by atoms with van der Waals surface area (Å²) in [5.41, 5.74) is -0.220. The lowest BCUT2D eigenvalue weighted by molar-refractivity contribution is -0.132. The van der Waals surface area contributed by atoms with Crippen molar-refractivity contribution in [2.24, 2.45) is 5.41 Å². The third kappa shape index (κ3) is 3.56. The van der Waals surface area contributed by atoms with Crippen LogP contribution in [0.1, 0.15) is 44.9 Å². The van der Waals surface area contributed by atoms with Crippen LogP contribution in [0.5, 0.6) is 0 Å². The van der Waals surface area contributed by atoms with Crippen LogP contribution >= 0.6 is 0 Å². The largest absolute Gasteiger partial charge is 0.382 e. The molecule has 1 aromatic rings. The minimum atomic E-state index is -0.220. The van der Waals surface area contributed by atoms with E-state index in [2.05, 4.69) is 15.3 Å². The minimum absolute atomic E-state index is 0.154. The maximum Gasteiger partial charge on any atom is 0.226 e. The van der Waals surface area contributed by atoms with Gasteiger partial charge in [0.1, 0.15) is 5.82 Å². The van der Waals surface area contributed by atoms with Gasteiger partial charge in [-0.1, -0.05) is 12.8 Å². The summed E-state index contributed by atoms with van der Waals surface area (Å²) in [6, 6.07) is 0. The van der Waals surface area contributed by atoms with Gasteiger partial charge in [-0.15, -0.1) is 0 Å².